The summed E-state index contributed by atoms with van der Waals surface area (Å²) in [5.41, 5.74) is 0.0214. The molecule has 33 heavy (non-hydrogen) atoms. The molecular formula is C25H35N3O4S. The Morgan fingerprint density at radius 1 is 1.03 bits per heavy atom. The molecule has 1 saturated heterocycles. The van der Waals surface area contributed by atoms with Crippen LogP contribution < -0.4 is 9.88 Å². The lowest BCUT2D eigenvalue weighted by atomic mass is 9.70. The van der Waals surface area contributed by atoms with Gasteiger partial charge in [-0.2, -0.15) is 0 Å². The van der Waals surface area contributed by atoms with Gasteiger partial charge in [0.15, 0.2) is 0 Å². The van der Waals surface area contributed by atoms with Crippen molar-refractivity contribution in [3.63, 3.8) is 0 Å². The van der Waals surface area contributed by atoms with Crippen LogP contribution in [0, 0.1) is 11.8 Å². The van der Waals surface area contributed by atoms with E-state index in [2.05, 4.69) is 9.88 Å². The Morgan fingerprint density at radius 2 is 1.70 bits per heavy atom. The van der Waals surface area contributed by atoms with Gasteiger partial charge >= 0.3 is 0 Å². The monoisotopic (exact) mass is 473 g/mol. The summed E-state index contributed by atoms with van der Waals surface area (Å²) in [4.78, 5) is 7.10. The van der Waals surface area contributed by atoms with Crippen molar-refractivity contribution < 1.29 is 18.3 Å². The first-order valence-electron chi connectivity index (χ1n) is 12.0. The van der Waals surface area contributed by atoms with E-state index < -0.39 is 15.6 Å². The van der Waals surface area contributed by atoms with Crippen LogP contribution in [-0.4, -0.2) is 49.6 Å². The number of nitrogens with zero attached hydrogens (tertiary/aromatic N) is 2. The molecule has 0 bridgehead atoms. The summed E-state index contributed by atoms with van der Waals surface area (Å²) < 4.78 is 28.4. The zero-order chi connectivity index (χ0) is 23.3. The minimum absolute atomic E-state index is 0.0842. The average Bonchev–Trinajstić information content (AvgIpc) is 3.38. The number of ether oxygens (including phenoxy) is 1. The molecule has 1 unspecified atom stereocenters. The lowest BCUT2D eigenvalue weighted by Gasteiger charge is -2.44. The molecule has 2 aromatic rings. The highest BCUT2D eigenvalue weighted by Gasteiger charge is 2.47. The number of sulfonamides is 1. The molecule has 1 aromatic carbocycles. The SMILES string of the molecule is NS(=O)(=O)c1ccc(OCCCN2CCC(C(O)(c3ccccn3)C3CCCC3)CC2)cc1. The van der Waals surface area contributed by atoms with Crippen LogP contribution in [-0.2, 0) is 15.6 Å². The third kappa shape index (κ3) is 5.74. The van der Waals surface area contributed by atoms with Crippen LogP contribution in [0.2, 0.25) is 0 Å². The molecule has 8 heteroatoms. The summed E-state index contributed by atoms with van der Waals surface area (Å²) in [7, 11) is -3.68. The zero-order valence-corrected chi connectivity index (χ0v) is 19.9. The molecule has 4 rings (SSSR count). The van der Waals surface area contributed by atoms with Crippen molar-refractivity contribution in [3.8, 4) is 5.75 Å². The van der Waals surface area contributed by atoms with E-state index >= 15 is 0 Å². The van der Waals surface area contributed by atoms with Gasteiger partial charge in [-0.3, -0.25) is 4.98 Å². The molecule has 2 aliphatic rings. The molecule has 3 N–H and O–H groups in total. The number of rotatable bonds is 9. The number of aromatic nitrogens is 1. The van der Waals surface area contributed by atoms with Gasteiger partial charge < -0.3 is 14.7 Å². The van der Waals surface area contributed by atoms with E-state index in [0.717, 1.165) is 57.4 Å². The fourth-order valence-corrected chi connectivity index (χ4v) is 6.03. The second kappa shape index (κ2) is 10.5. The van der Waals surface area contributed by atoms with Crippen molar-refractivity contribution in [2.24, 2.45) is 17.0 Å². The largest absolute Gasteiger partial charge is 0.494 e. The number of nitrogens with two attached hydrogens (primary N) is 1. The standard InChI is InChI=1S/C25H35N3O4S/c26-33(30,31)23-11-9-22(10-12-23)32-19-5-16-28-17-13-21(14-18-28)25(29,20-6-1-2-7-20)24-8-3-4-15-27-24/h3-4,8-12,15,20-21,29H,1-2,5-7,13-14,16-19H2,(H2,26,30,31). The lowest BCUT2D eigenvalue weighted by molar-refractivity contribution is -0.0965. The van der Waals surface area contributed by atoms with Gasteiger partial charge in [-0.05, 0) is 93.4 Å². The second-order valence-electron chi connectivity index (χ2n) is 9.36. The van der Waals surface area contributed by atoms with Crippen molar-refractivity contribution in [2.45, 2.75) is 55.4 Å². The number of pyridine rings is 1. The Morgan fingerprint density at radius 3 is 2.30 bits per heavy atom. The van der Waals surface area contributed by atoms with Crippen molar-refractivity contribution in [1.29, 1.82) is 0 Å². The topological polar surface area (TPSA) is 106 Å². The average molecular weight is 474 g/mol. The van der Waals surface area contributed by atoms with Gasteiger partial charge in [0.2, 0.25) is 10.0 Å². The van der Waals surface area contributed by atoms with Crippen LogP contribution in [0.25, 0.3) is 0 Å². The molecule has 0 radical (unpaired) electrons. The Balaban J connectivity index is 1.26. The maximum atomic E-state index is 12.0. The predicted molar refractivity (Wildman–Crippen MR) is 127 cm³/mol. The summed E-state index contributed by atoms with van der Waals surface area (Å²) >= 11 is 0. The van der Waals surface area contributed by atoms with Crippen molar-refractivity contribution in [3.05, 3.63) is 54.4 Å². The van der Waals surface area contributed by atoms with Gasteiger partial charge in [0, 0.05) is 12.7 Å². The minimum Gasteiger partial charge on any atom is -0.494 e. The summed E-state index contributed by atoms with van der Waals surface area (Å²) in [6.07, 6.45) is 9.19. The van der Waals surface area contributed by atoms with Gasteiger partial charge in [0.05, 0.1) is 17.2 Å². The molecule has 0 spiro atoms. The van der Waals surface area contributed by atoms with Crippen molar-refractivity contribution in [1.82, 2.24) is 9.88 Å². The molecule has 2 heterocycles. The normalized spacial score (nSPS) is 20.5. The molecule has 7 nitrogen and oxygen atoms in total. The van der Waals surface area contributed by atoms with E-state index in [1.165, 1.54) is 25.0 Å². The van der Waals surface area contributed by atoms with Gasteiger partial charge in [0.1, 0.15) is 11.4 Å². The smallest absolute Gasteiger partial charge is 0.238 e. The van der Waals surface area contributed by atoms with E-state index in [1.54, 1.807) is 18.3 Å². The summed E-state index contributed by atoms with van der Waals surface area (Å²) in [6.45, 7) is 3.44. The molecule has 1 atom stereocenters. The summed E-state index contributed by atoms with van der Waals surface area (Å²) in [5.74, 6) is 1.18. The van der Waals surface area contributed by atoms with E-state index in [-0.39, 0.29) is 10.8 Å². The molecule has 1 aliphatic heterocycles. The third-order valence-corrected chi connectivity index (χ3v) is 8.23. The number of hydrogen-bond acceptors (Lipinski definition) is 6. The van der Waals surface area contributed by atoms with Crippen LogP contribution in [0.15, 0.2) is 53.6 Å². The van der Waals surface area contributed by atoms with Gasteiger partial charge in [-0.15, -0.1) is 0 Å². The first-order valence-corrected chi connectivity index (χ1v) is 13.5. The first kappa shape index (κ1) is 24.1. The third-order valence-electron chi connectivity index (χ3n) is 7.30. The van der Waals surface area contributed by atoms with Crippen LogP contribution in [0.1, 0.15) is 50.6 Å². The van der Waals surface area contributed by atoms with Gasteiger partial charge in [0.25, 0.3) is 0 Å². The van der Waals surface area contributed by atoms with Crippen molar-refractivity contribution in [2.75, 3.05) is 26.2 Å². The summed E-state index contributed by atoms with van der Waals surface area (Å²) in [6, 6.07) is 12.1. The van der Waals surface area contributed by atoms with Gasteiger partial charge in [-0.1, -0.05) is 18.9 Å². The molecule has 1 aromatic heterocycles. The molecule has 1 saturated carbocycles. The quantitative estimate of drug-likeness (QED) is 0.542. The van der Waals surface area contributed by atoms with Gasteiger partial charge in [-0.25, -0.2) is 13.6 Å². The maximum absolute atomic E-state index is 12.0. The fourth-order valence-electron chi connectivity index (χ4n) is 5.52. The fraction of sp³-hybridized carbons (Fsp3) is 0.560. The van der Waals surface area contributed by atoms with E-state index in [9.17, 15) is 13.5 Å². The predicted octanol–water partition coefficient (Wildman–Crippen LogP) is 3.29. The van der Waals surface area contributed by atoms with Crippen LogP contribution in [0.3, 0.4) is 0 Å². The Bertz CT molecular complexity index is 986. The molecule has 180 valence electrons. The van der Waals surface area contributed by atoms with Crippen LogP contribution in [0.5, 0.6) is 5.75 Å². The highest BCUT2D eigenvalue weighted by molar-refractivity contribution is 7.89. The van der Waals surface area contributed by atoms with Crippen molar-refractivity contribution >= 4 is 10.0 Å². The second-order valence-corrected chi connectivity index (χ2v) is 10.9. The number of aliphatic hydroxyl groups is 1. The Labute approximate surface area is 197 Å². The number of benzene rings is 1. The number of hydrogen-bond donors (Lipinski definition) is 2. The zero-order valence-electron chi connectivity index (χ0n) is 19.1. The van der Waals surface area contributed by atoms with E-state index in [1.807, 2.05) is 18.2 Å². The highest BCUT2D eigenvalue weighted by atomic mass is 32.2. The lowest BCUT2D eigenvalue weighted by Crippen LogP contribution is -2.47. The number of piperidine rings is 1. The maximum Gasteiger partial charge on any atom is 0.238 e. The molecule has 0 amide bonds. The summed E-state index contributed by atoms with van der Waals surface area (Å²) in [5, 5.41) is 17.1. The molecule has 1 aliphatic carbocycles. The van der Waals surface area contributed by atoms with Crippen LogP contribution >= 0.6 is 0 Å². The molecular weight excluding hydrogens is 438 g/mol. The number of likely N-dealkylation sites (tertiary alicyclic amines) is 1. The van der Waals surface area contributed by atoms with Crippen LogP contribution in [0.4, 0.5) is 0 Å². The first-order chi connectivity index (χ1) is 15.9. The Kier molecular flexibility index (Phi) is 7.69. The Hall–Kier alpha value is -2.00. The number of primary sulfonamides is 1. The highest BCUT2D eigenvalue weighted by Crippen LogP contribution is 2.47. The molecule has 2 fully saturated rings. The van der Waals surface area contributed by atoms with E-state index in [0.29, 0.717) is 18.3 Å². The van der Waals surface area contributed by atoms with E-state index in [4.69, 9.17) is 9.88 Å². The minimum atomic E-state index is -3.68.